The number of hydrogen-bond donors (Lipinski definition) is 1. The normalized spacial score (nSPS) is 19.5. The van der Waals surface area contributed by atoms with Crippen molar-refractivity contribution in [3.63, 3.8) is 0 Å². The summed E-state index contributed by atoms with van der Waals surface area (Å²) in [4.78, 5) is 20.4. The van der Waals surface area contributed by atoms with Gasteiger partial charge in [-0.05, 0) is 18.4 Å². The van der Waals surface area contributed by atoms with Crippen LogP contribution < -0.4 is 5.32 Å². The average molecular weight is 341 g/mol. The zero-order valence-corrected chi connectivity index (χ0v) is 14.4. The van der Waals surface area contributed by atoms with Gasteiger partial charge < -0.3 is 14.8 Å². The Balaban J connectivity index is 0.00000176. The monoisotopic (exact) mass is 340 g/mol. The molecular formula is C15H21ClN4OS. The van der Waals surface area contributed by atoms with E-state index >= 15 is 0 Å². The van der Waals surface area contributed by atoms with Crippen molar-refractivity contribution < 1.29 is 4.79 Å². The largest absolute Gasteiger partial charge is 0.336 e. The number of aryl methyl sites for hydroxylation is 1. The average Bonchev–Trinajstić information content (AvgIpc) is 3.17. The summed E-state index contributed by atoms with van der Waals surface area (Å²) >= 11 is 1.64. The number of carbonyl (C=O) groups excluding carboxylic acids is 1. The van der Waals surface area contributed by atoms with Crippen LogP contribution in [0.2, 0.25) is 0 Å². The summed E-state index contributed by atoms with van der Waals surface area (Å²) in [7, 11) is 1.97. The van der Waals surface area contributed by atoms with Crippen LogP contribution >= 0.6 is 23.7 Å². The molecule has 7 heteroatoms. The molecule has 3 rings (SSSR count). The lowest BCUT2D eigenvalue weighted by Gasteiger charge is -2.37. The fourth-order valence-electron chi connectivity index (χ4n) is 2.81. The Kier molecular flexibility index (Phi) is 5.61. The molecule has 1 aliphatic rings. The molecule has 0 aliphatic carbocycles. The van der Waals surface area contributed by atoms with Gasteiger partial charge in [-0.3, -0.25) is 4.79 Å². The first-order valence-electron chi connectivity index (χ1n) is 7.20. The first kappa shape index (κ1) is 17.0. The summed E-state index contributed by atoms with van der Waals surface area (Å²) in [5.74, 6) is 1.03. The number of hydrogen-bond acceptors (Lipinski definition) is 4. The minimum Gasteiger partial charge on any atom is -0.336 e. The molecule has 120 valence electrons. The number of rotatable bonds is 3. The number of aromatic nitrogens is 2. The molecule has 1 N–H and O–H groups in total. The minimum atomic E-state index is -0.0918. The number of halogens is 1. The van der Waals surface area contributed by atoms with Gasteiger partial charge in [0.15, 0.2) is 0 Å². The van der Waals surface area contributed by atoms with E-state index in [0.717, 1.165) is 30.3 Å². The predicted molar refractivity (Wildman–Crippen MR) is 90.5 cm³/mol. The topological polar surface area (TPSA) is 50.2 Å². The van der Waals surface area contributed by atoms with Crippen molar-refractivity contribution in [2.45, 2.75) is 18.9 Å². The van der Waals surface area contributed by atoms with E-state index in [1.54, 1.807) is 17.5 Å². The van der Waals surface area contributed by atoms with Crippen LogP contribution in [0.1, 0.15) is 29.6 Å². The molecule has 1 amide bonds. The number of imidazole rings is 1. The van der Waals surface area contributed by atoms with Gasteiger partial charge in [0.1, 0.15) is 11.9 Å². The van der Waals surface area contributed by atoms with E-state index in [1.165, 1.54) is 0 Å². The smallest absolute Gasteiger partial charge is 0.231 e. The molecule has 0 spiro atoms. The second-order valence-corrected chi connectivity index (χ2v) is 6.36. The summed E-state index contributed by atoms with van der Waals surface area (Å²) in [6.07, 6.45) is 3.71. The van der Waals surface area contributed by atoms with E-state index < -0.39 is 0 Å². The number of amides is 1. The van der Waals surface area contributed by atoms with Crippen LogP contribution in [0.3, 0.4) is 0 Å². The molecule has 1 fully saturated rings. The van der Waals surface area contributed by atoms with Crippen molar-refractivity contribution in [2.75, 3.05) is 19.6 Å². The summed E-state index contributed by atoms with van der Waals surface area (Å²) in [6.45, 7) is 4.31. The zero-order chi connectivity index (χ0) is 14.8. The zero-order valence-electron chi connectivity index (χ0n) is 12.7. The summed E-state index contributed by atoms with van der Waals surface area (Å²) in [5, 5.41) is 5.39. The third-order valence-electron chi connectivity index (χ3n) is 4.02. The van der Waals surface area contributed by atoms with E-state index in [0.29, 0.717) is 0 Å². The lowest BCUT2D eigenvalue weighted by atomic mass is 10.1. The highest BCUT2D eigenvalue weighted by Gasteiger charge is 2.33. The Labute approximate surface area is 140 Å². The van der Waals surface area contributed by atoms with Crippen molar-refractivity contribution >= 4 is 29.7 Å². The molecule has 1 saturated heterocycles. The molecule has 1 aliphatic heterocycles. The van der Waals surface area contributed by atoms with E-state index in [-0.39, 0.29) is 30.3 Å². The minimum absolute atomic E-state index is 0. The molecule has 2 aromatic rings. The second kappa shape index (κ2) is 7.26. The Hall–Kier alpha value is -1.37. The quantitative estimate of drug-likeness (QED) is 0.931. The van der Waals surface area contributed by atoms with E-state index in [2.05, 4.69) is 10.3 Å². The maximum absolute atomic E-state index is 12.9. The molecule has 2 unspecified atom stereocenters. The van der Waals surface area contributed by atoms with E-state index in [9.17, 15) is 4.79 Å². The Bertz CT molecular complexity index is 613. The van der Waals surface area contributed by atoms with Gasteiger partial charge in [0.05, 0.1) is 5.92 Å². The number of carbonyl (C=O) groups is 1. The predicted octanol–water partition coefficient (Wildman–Crippen LogP) is 2.18. The molecule has 2 aromatic heterocycles. The third kappa shape index (κ3) is 3.19. The Morgan fingerprint density at radius 3 is 3.00 bits per heavy atom. The molecule has 22 heavy (non-hydrogen) atoms. The lowest BCUT2D eigenvalue weighted by Crippen LogP contribution is -2.50. The third-order valence-corrected chi connectivity index (χ3v) is 5.08. The van der Waals surface area contributed by atoms with Gasteiger partial charge in [-0.2, -0.15) is 0 Å². The van der Waals surface area contributed by atoms with Gasteiger partial charge in [-0.1, -0.05) is 6.07 Å². The first-order valence-corrected chi connectivity index (χ1v) is 8.08. The van der Waals surface area contributed by atoms with Gasteiger partial charge in [-0.25, -0.2) is 4.98 Å². The van der Waals surface area contributed by atoms with Crippen LogP contribution in [-0.2, 0) is 11.8 Å². The fraction of sp³-hybridized carbons (Fsp3) is 0.467. The highest BCUT2D eigenvalue weighted by atomic mass is 35.5. The highest BCUT2D eigenvalue weighted by Crippen LogP contribution is 2.28. The Morgan fingerprint density at radius 1 is 1.55 bits per heavy atom. The summed E-state index contributed by atoms with van der Waals surface area (Å²) in [5.41, 5.74) is 0. The van der Waals surface area contributed by atoms with Gasteiger partial charge in [0.2, 0.25) is 5.91 Å². The number of piperazine rings is 1. The van der Waals surface area contributed by atoms with Crippen LogP contribution in [0.25, 0.3) is 0 Å². The van der Waals surface area contributed by atoms with Gasteiger partial charge in [0, 0.05) is 44.0 Å². The van der Waals surface area contributed by atoms with Crippen LogP contribution in [0, 0.1) is 0 Å². The number of nitrogens with one attached hydrogen (secondary N) is 1. The van der Waals surface area contributed by atoms with Crippen LogP contribution in [0.4, 0.5) is 0 Å². The molecule has 0 aromatic carbocycles. The van der Waals surface area contributed by atoms with Gasteiger partial charge >= 0.3 is 0 Å². The molecule has 0 radical (unpaired) electrons. The molecule has 0 saturated carbocycles. The van der Waals surface area contributed by atoms with E-state index in [1.807, 2.05) is 47.1 Å². The number of thiophene rings is 1. The summed E-state index contributed by atoms with van der Waals surface area (Å²) < 4.78 is 1.99. The van der Waals surface area contributed by atoms with Crippen molar-refractivity contribution in [3.8, 4) is 0 Å². The SMILES string of the molecule is CC(C(=O)N1CCNCC1c1nccn1C)c1cccs1.Cl. The fourth-order valence-corrected chi connectivity index (χ4v) is 3.58. The second-order valence-electron chi connectivity index (χ2n) is 5.39. The van der Waals surface area contributed by atoms with Crippen LogP contribution in [0.15, 0.2) is 29.9 Å². The summed E-state index contributed by atoms with van der Waals surface area (Å²) in [6, 6.07) is 4.04. The standard InChI is InChI=1S/C15H20N4OS.ClH/c1-11(13-4-3-9-21-13)15(20)19-8-5-16-10-12(19)14-17-6-7-18(14)2;/h3-4,6-7,9,11-12,16H,5,8,10H2,1-2H3;1H. The van der Waals surface area contributed by atoms with Gasteiger partial charge in [-0.15, -0.1) is 23.7 Å². The molecule has 5 nitrogen and oxygen atoms in total. The van der Waals surface area contributed by atoms with Crippen LogP contribution in [-0.4, -0.2) is 40.0 Å². The van der Waals surface area contributed by atoms with Crippen LogP contribution in [0.5, 0.6) is 0 Å². The van der Waals surface area contributed by atoms with Crippen molar-refractivity contribution in [3.05, 3.63) is 40.6 Å². The van der Waals surface area contributed by atoms with Crippen molar-refractivity contribution in [1.29, 1.82) is 0 Å². The first-order chi connectivity index (χ1) is 10.2. The molecule has 0 bridgehead atoms. The lowest BCUT2D eigenvalue weighted by molar-refractivity contribution is -0.136. The Morgan fingerprint density at radius 2 is 2.36 bits per heavy atom. The number of nitrogens with zero attached hydrogens (tertiary/aromatic N) is 3. The molecule has 3 heterocycles. The maximum Gasteiger partial charge on any atom is 0.231 e. The van der Waals surface area contributed by atoms with Crippen molar-refractivity contribution in [1.82, 2.24) is 19.8 Å². The van der Waals surface area contributed by atoms with Crippen molar-refractivity contribution in [2.24, 2.45) is 7.05 Å². The molecule has 2 atom stereocenters. The highest BCUT2D eigenvalue weighted by molar-refractivity contribution is 7.10. The molecular weight excluding hydrogens is 320 g/mol. The van der Waals surface area contributed by atoms with E-state index in [4.69, 9.17) is 0 Å². The van der Waals surface area contributed by atoms with Gasteiger partial charge in [0.25, 0.3) is 0 Å². The maximum atomic E-state index is 12.9.